The molecule has 0 fully saturated rings. The molecule has 39 heavy (non-hydrogen) atoms. The molecule has 0 radical (unpaired) electrons. The van der Waals surface area contributed by atoms with E-state index in [1.165, 1.54) is 17.7 Å². The van der Waals surface area contributed by atoms with Crippen molar-refractivity contribution in [2.45, 2.75) is 44.0 Å². The van der Waals surface area contributed by atoms with E-state index in [2.05, 4.69) is 33.8 Å². The van der Waals surface area contributed by atoms with Crippen LogP contribution in [0.15, 0.2) is 71.6 Å². The number of nitrogens with zero attached hydrogens (tertiary/aromatic N) is 1. The highest BCUT2D eigenvalue weighted by molar-refractivity contribution is 7.98. The summed E-state index contributed by atoms with van der Waals surface area (Å²) in [7, 11) is 0. The normalized spacial score (nSPS) is 11.5. The molecule has 2 N–H and O–H groups in total. The summed E-state index contributed by atoms with van der Waals surface area (Å²) >= 11 is 3.25. The molecule has 8 heteroatoms. The van der Waals surface area contributed by atoms with E-state index >= 15 is 0 Å². The van der Waals surface area contributed by atoms with Gasteiger partial charge in [-0.2, -0.15) is 0 Å². The Kier molecular flexibility index (Phi) is 10.3. The number of thioether (sulfide) groups is 1. The molecule has 5 nitrogen and oxygen atoms in total. The Balaban J connectivity index is 1.22. The number of hydrogen-bond acceptors (Lipinski definition) is 5. The number of carbonyl (C=O) groups excluding carboxylic acids is 2. The van der Waals surface area contributed by atoms with Crippen LogP contribution in [0.3, 0.4) is 0 Å². The Labute approximate surface area is 236 Å². The Bertz CT molecular complexity index is 1450. The van der Waals surface area contributed by atoms with Gasteiger partial charge in [-0.1, -0.05) is 36.8 Å². The molecule has 0 unspecified atom stereocenters. The van der Waals surface area contributed by atoms with Gasteiger partial charge < -0.3 is 10.6 Å². The van der Waals surface area contributed by atoms with Crippen LogP contribution in [-0.2, 0) is 16.1 Å². The highest BCUT2D eigenvalue weighted by Crippen LogP contribution is 2.23. The van der Waals surface area contributed by atoms with Crippen molar-refractivity contribution in [2.75, 3.05) is 12.8 Å². The van der Waals surface area contributed by atoms with Gasteiger partial charge in [0.05, 0.1) is 16.8 Å². The Morgan fingerprint density at radius 3 is 2.49 bits per heavy atom. The van der Waals surface area contributed by atoms with Gasteiger partial charge >= 0.3 is 0 Å². The number of nitrogens with one attached hydrogen (secondary N) is 2. The molecule has 202 valence electrons. The molecule has 4 rings (SSSR count). The summed E-state index contributed by atoms with van der Waals surface area (Å²) in [5.41, 5.74) is 4.17. The molecule has 0 aliphatic carbocycles. The average Bonchev–Trinajstić information content (AvgIpc) is 3.35. The second-order valence-electron chi connectivity index (χ2n) is 9.26. The fourth-order valence-corrected chi connectivity index (χ4v) is 5.38. The smallest absolute Gasteiger partial charge is 0.251 e. The van der Waals surface area contributed by atoms with Crippen LogP contribution in [0.5, 0.6) is 0 Å². The lowest BCUT2D eigenvalue weighted by Crippen LogP contribution is -2.25. The van der Waals surface area contributed by atoms with Gasteiger partial charge in [-0.25, -0.2) is 9.37 Å². The van der Waals surface area contributed by atoms with E-state index in [1.54, 1.807) is 35.2 Å². The third kappa shape index (κ3) is 8.50. The predicted octanol–water partition coefficient (Wildman–Crippen LogP) is 7.00. The molecule has 1 aromatic heterocycles. The molecule has 0 bridgehead atoms. The largest absolute Gasteiger partial charge is 0.352 e. The number of aryl methyl sites for hydroxylation is 1. The standard InChI is InChI=1S/C31H32FN3O2S2/c1-21-7-16-28-27(18-21)35-30(39-28)20-34-29(36)6-4-3-5-17-33-31(37)26(23-10-12-24(32)13-11-23)19-22-8-14-25(38-2)15-9-22/h7-16,18-19H,3-6,17,20H2,1-2H3,(H,33,37)(H,34,36)/b26-19-. The van der Waals surface area contributed by atoms with Gasteiger partial charge in [0.15, 0.2) is 0 Å². The fraction of sp³-hybridized carbons (Fsp3) is 0.258. The Morgan fingerprint density at radius 1 is 0.974 bits per heavy atom. The predicted molar refractivity (Wildman–Crippen MR) is 160 cm³/mol. The van der Waals surface area contributed by atoms with Crippen LogP contribution >= 0.6 is 23.1 Å². The fourth-order valence-electron chi connectivity index (χ4n) is 4.08. The molecule has 0 aliphatic rings. The molecule has 0 saturated carbocycles. The van der Waals surface area contributed by atoms with Crippen LogP contribution in [-0.4, -0.2) is 29.6 Å². The number of carbonyl (C=O) groups is 2. The summed E-state index contributed by atoms with van der Waals surface area (Å²) in [4.78, 5) is 31.1. The zero-order valence-corrected chi connectivity index (χ0v) is 23.8. The van der Waals surface area contributed by atoms with Gasteiger partial charge in [0, 0.05) is 23.4 Å². The maximum absolute atomic E-state index is 13.5. The monoisotopic (exact) mass is 561 g/mol. The van der Waals surface area contributed by atoms with E-state index in [0.717, 1.165) is 44.9 Å². The summed E-state index contributed by atoms with van der Waals surface area (Å²) < 4.78 is 14.6. The lowest BCUT2D eigenvalue weighted by molar-refractivity contribution is -0.121. The summed E-state index contributed by atoms with van der Waals surface area (Å²) in [6, 6.07) is 20.1. The number of unbranched alkanes of at least 4 members (excludes halogenated alkanes) is 2. The highest BCUT2D eigenvalue weighted by atomic mass is 32.2. The van der Waals surface area contributed by atoms with E-state index in [1.807, 2.05) is 43.5 Å². The number of aromatic nitrogens is 1. The molecule has 0 aliphatic heterocycles. The van der Waals surface area contributed by atoms with Gasteiger partial charge in [0.25, 0.3) is 5.91 Å². The molecule has 0 atom stereocenters. The topological polar surface area (TPSA) is 71.1 Å². The van der Waals surface area contributed by atoms with Crippen molar-refractivity contribution in [3.63, 3.8) is 0 Å². The Hall–Kier alpha value is -3.49. The maximum Gasteiger partial charge on any atom is 0.251 e. The second kappa shape index (κ2) is 14.1. The number of fused-ring (bicyclic) bond motifs is 1. The van der Waals surface area contributed by atoms with Crippen LogP contribution in [0, 0.1) is 12.7 Å². The lowest BCUT2D eigenvalue weighted by Gasteiger charge is -2.10. The van der Waals surface area contributed by atoms with Crippen molar-refractivity contribution < 1.29 is 14.0 Å². The maximum atomic E-state index is 13.5. The van der Waals surface area contributed by atoms with E-state index in [-0.39, 0.29) is 17.6 Å². The molecule has 3 aromatic carbocycles. The van der Waals surface area contributed by atoms with Gasteiger partial charge in [0.2, 0.25) is 5.91 Å². The highest BCUT2D eigenvalue weighted by Gasteiger charge is 2.13. The molecular weight excluding hydrogens is 529 g/mol. The van der Waals surface area contributed by atoms with Crippen molar-refractivity contribution >= 4 is 56.8 Å². The van der Waals surface area contributed by atoms with Crippen LogP contribution < -0.4 is 10.6 Å². The van der Waals surface area contributed by atoms with Crippen molar-refractivity contribution in [2.24, 2.45) is 0 Å². The van der Waals surface area contributed by atoms with Crippen LogP contribution in [0.1, 0.15) is 47.4 Å². The summed E-state index contributed by atoms with van der Waals surface area (Å²) in [6.07, 6.45) is 6.59. The number of benzene rings is 3. The third-order valence-electron chi connectivity index (χ3n) is 6.22. The van der Waals surface area contributed by atoms with Crippen LogP contribution in [0.2, 0.25) is 0 Å². The van der Waals surface area contributed by atoms with Crippen molar-refractivity contribution in [1.29, 1.82) is 0 Å². The van der Waals surface area contributed by atoms with Gasteiger partial charge in [-0.15, -0.1) is 23.1 Å². The zero-order chi connectivity index (χ0) is 27.6. The van der Waals surface area contributed by atoms with E-state index in [4.69, 9.17) is 0 Å². The van der Waals surface area contributed by atoms with Gasteiger partial charge in [0.1, 0.15) is 10.8 Å². The quantitative estimate of drug-likeness (QED) is 0.0846. The van der Waals surface area contributed by atoms with Crippen molar-refractivity contribution in [3.05, 3.63) is 94.2 Å². The first-order valence-electron chi connectivity index (χ1n) is 12.9. The number of amides is 2. The number of thiazole rings is 1. The first kappa shape index (κ1) is 28.5. The molecule has 0 spiro atoms. The molecule has 2 amide bonds. The van der Waals surface area contributed by atoms with E-state index in [9.17, 15) is 14.0 Å². The summed E-state index contributed by atoms with van der Waals surface area (Å²) in [5.74, 6) is -0.551. The minimum Gasteiger partial charge on any atom is -0.352 e. The van der Waals surface area contributed by atoms with Gasteiger partial charge in [-0.05, 0) is 85.2 Å². The second-order valence-corrected chi connectivity index (χ2v) is 11.3. The molecule has 1 heterocycles. The SMILES string of the molecule is CSc1ccc(/C=C(\C(=O)NCCCCCC(=O)NCc2nc3cc(C)ccc3s2)c2ccc(F)cc2)cc1. The summed E-state index contributed by atoms with van der Waals surface area (Å²) in [5, 5.41) is 6.83. The molecular formula is C31H32FN3O2S2. The molecule has 0 saturated heterocycles. The zero-order valence-electron chi connectivity index (χ0n) is 22.1. The minimum absolute atomic E-state index is 0.00323. The average molecular weight is 562 g/mol. The third-order valence-corrected chi connectivity index (χ3v) is 8.00. The molecule has 4 aromatic rings. The summed E-state index contributed by atoms with van der Waals surface area (Å²) in [6.45, 7) is 2.97. The van der Waals surface area contributed by atoms with Crippen LogP contribution in [0.25, 0.3) is 21.9 Å². The minimum atomic E-state index is -0.345. The van der Waals surface area contributed by atoms with E-state index < -0.39 is 0 Å². The lowest BCUT2D eigenvalue weighted by atomic mass is 10.0. The van der Waals surface area contributed by atoms with Gasteiger partial charge in [-0.3, -0.25) is 9.59 Å². The van der Waals surface area contributed by atoms with Crippen LogP contribution in [0.4, 0.5) is 4.39 Å². The first-order valence-corrected chi connectivity index (χ1v) is 15.0. The number of rotatable bonds is 12. The van der Waals surface area contributed by atoms with Crippen molar-refractivity contribution in [3.8, 4) is 0 Å². The van der Waals surface area contributed by atoms with Crippen molar-refractivity contribution in [1.82, 2.24) is 15.6 Å². The number of halogens is 1. The number of hydrogen-bond donors (Lipinski definition) is 2. The van der Waals surface area contributed by atoms with E-state index in [0.29, 0.717) is 30.6 Å². The first-order chi connectivity index (χ1) is 18.9. The Morgan fingerprint density at radius 2 is 1.74 bits per heavy atom.